The molecule has 7 nitrogen and oxygen atoms in total. The zero-order valence-corrected chi connectivity index (χ0v) is 15.7. The van der Waals surface area contributed by atoms with Gasteiger partial charge in [-0.2, -0.15) is 0 Å². The van der Waals surface area contributed by atoms with E-state index >= 15 is 0 Å². The molecule has 1 N–H and O–H groups in total. The minimum atomic E-state index is -0.0442. The Kier molecular flexibility index (Phi) is 6.01. The summed E-state index contributed by atoms with van der Waals surface area (Å²) in [4.78, 5) is 35.0. The molecule has 2 aromatic heterocycles. The number of carbonyl (C=O) groups excluding carboxylic acids is 2. The smallest absolute Gasteiger partial charge is 0.256 e. The van der Waals surface area contributed by atoms with Crippen molar-refractivity contribution in [2.75, 3.05) is 13.7 Å². The zero-order chi connectivity index (χ0) is 19.2. The highest BCUT2D eigenvalue weighted by molar-refractivity contribution is 5.98. The number of pyridine rings is 2. The van der Waals surface area contributed by atoms with Crippen LogP contribution in [0.25, 0.3) is 0 Å². The molecule has 2 aromatic rings. The second-order valence-corrected chi connectivity index (χ2v) is 6.48. The van der Waals surface area contributed by atoms with Gasteiger partial charge in [0.05, 0.1) is 24.9 Å². The molecule has 0 unspecified atom stereocenters. The molecule has 0 atom stereocenters. The Bertz CT molecular complexity index is 823. The summed E-state index contributed by atoms with van der Waals surface area (Å²) in [5, 5.41) is 2.85. The Labute approximate surface area is 158 Å². The first-order valence-corrected chi connectivity index (χ1v) is 9.15. The van der Waals surface area contributed by atoms with Gasteiger partial charge in [-0.15, -0.1) is 0 Å². The summed E-state index contributed by atoms with van der Waals surface area (Å²) in [5.41, 5.74) is 2.95. The van der Waals surface area contributed by atoms with Gasteiger partial charge in [0.25, 0.3) is 5.91 Å². The summed E-state index contributed by atoms with van der Waals surface area (Å²) in [5.74, 6) is 0.380. The Hall–Kier alpha value is -2.96. The molecule has 0 aromatic carbocycles. The molecule has 0 spiro atoms. The first kappa shape index (κ1) is 18.8. The van der Waals surface area contributed by atoms with Crippen molar-refractivity contribution < 1.29 is 14.3 Å². The van der Waals surface area contributed by atoms with Gasteiger partial charge in [0, 0.05) is 43.4 Å². The number of nitrogens with zero attached hydrogens (tertiary/aromatic N) is 3. The molecule has 27 heavy (non-hydrogen) atoms. The lowest BCUT2D eigenvalue weighted by atomic mass is 10.1. The Morgan fingerprint density at radius 2 is 2.22 bits per heavy atom. The first-order chi connectivity index (χ1) is 13.1. The molecular weight excluding hydrogens is 344 g/mol. The third-order valence-corrected chi connectivity index (χ3v) is 4.51. The molecule has 0 radical (unpaired) electrons. The van der Waals surface area contributed by atoms with Crippen LogP contribution in [0.1, 0.15) is 47.1 Å². The number of methoxy groups -OCH3 is 1. The Morgan fingerprint density at radius 1 is 1.37 bits per heavy atom. The van der Waals surface area contributed by atoms with Crippen molar-refractivity contribution in [1.82, 2.24) is 20.2 Å². The number of nitrogens with one attached hydrogen (secondary N) is 1. The molecule has 1 aliphatic rings. The van der Waals surface area contributed by atoms with Crippen LogP contribution in [0, 0.1) is 0 Å². The van der Waals surface area contributed by atoms with E-state index in [0.717, 1.165) is 12.1 Å². The maximum atomic E-state index is 12.7. The quantitative estimate of drug-likeness (QED) is 0.771. The third-order valence-electron chi connectivity index (χ3n) is 4.51. The van der Waals surface area contributed by atoms with Gasteiger partial charge in [-0.3, -0.25) is 14.6 Å². The zero-order valence-electron chi connectivity index (χ0n) is 15.7. The average Bonchev–Trinajstić information content (AvgIpc) is 3.00. The van der Waals surface area contributed by atoms with E-state index in [1.165, 1.54) is 0 Å². The average molecular weight is 368 g/mol. The standard InChI is InChI=1S/C20H24N4O3/c1-3-6-18(25)22-12-14-11-16-17(23-19(14)27-2)13-24(20(16)26)10-8-15-7-4-5-9-21-15/h4-5,7,9,11H,3,6,8,10,12-13H2,1-2H3,(H,22,25). The summed E-state index contributed by atoms with van der Waals surface area (Å²) < 4.78 is 5.36. The predicted octanol–water partition coefficient (Wildman–Crippen LogP) is 2.10. The second-order valence-electron chi connectivity index (χ2n) is 6.48. The van der Waals surface area contributed by atoms with Crippen LogP contribution in [0.4, 0.5) is 0 Å². The maximum absolute atomic E-state index is 12.7. The van der Waals surface area contributed by atoms with E-state index in [1.54, 1.807) is 24.3 Å². The molecule has 7 heteroatoms. The molecule has 0 saturated heterocycles. The van der Waals surface area contributed by atoms with E-state index in [4.69, 9.17) is 4.74 Å². The molecule has 142 valence electrons. The van der Waals surface area contributed by atoms with Crippen LogP contribution in [0.2, 0.25) is 0 Å². The van der Waals surface area contributed by atoms with Crippen molar-refractivity contribution in [1.29, 1.82) is 0 Å². The number of fused-ring (bicyclic) bond motifs is 1. The lowest BCUT2D eigenvalue weighted by molar-refractivity contribution is -0.121. The fourth-order valence-electron chi connectivity index (χ4n) is 3.09. The van der Waals surface area contributed by atoms with Crippen molar-refractivity contribution in [3.8, 4) is 5.88 Å². The number of amides is 2. The number of carbonyl (C=O) groups is 2. The highest BCUT2D eigenvalue weighted by Crippen LogP contribution is 2.27. The minimum Gasteiger partial charge on any atom is -0.481 e. The second kappa shape index (κ2) is 8.62. The minimum absolute atomic E-state index is 0.0247. The number of aromatic nitrogens is 2. The van der Waals surface area contributed by atoms with Crippen LogP contribution >= 0.6 is 0 Å². The van der Waals surface area contributed by atoms with Crippen molar-refractivity contribution in [3.05, 3.63) is 53.0 Å². The van der Waals surface area contributed by atoms with Gasteiger partial charge in [-0.1, -0.05) is 13.0 Å². The maximum Gasteiger partial charge on any atom is 0.256 e. The fraction of sp³-hybridized carbons (Fsp3) is 0.400. The van der Waals surface area contributed by atoms with Crippen LogP contribution < -0.4 is 10.1 Å². The van der Waals surface area contributed by atoms with Gasteiger partial charge in [0.2, 0.25) is 11.8 Å². The van der Waals surface area contributed by atoms with Gasteiger partial charge >= 0.3 is 0 Å². The summed E-state index contributed by atoms with van der Waals surface area (Å²) in [6, 6.07) is 7.55. The van der Waals surface area contributed by atoms with Crippen LogP contribution in [0.15, 0.2) is 30.5 Å². The molecule has 2 amide bonds. The number of hydrogen-bond donors (Lipinski definition) is 1. The van der Waals surface area contributed by atoms with E-state index in [-0.39, 0.29) is 11.8 Å². The first-order valence-electron chi connectivity index (χ1n) is 9.15. The topological polar surface area (TPSA) is 84.4 Å². The van der Waals surface area contributed by atoms with Crippen molar-refractivity contribution in [2.24, 2.45) is 0 Å². The summed E-state index contributed by atoms with van der Waals surface area (Å²) >= 11 is 0. The molecule has 0 fully saturated rings. The molecule has 0 aliphatic carbocycles. The van der Waals surface area contributed by atoms with E-state index < -0.39 is 0 Å². The van der Waals surface area contributed by atoms with E-state index in [2.05, 4.69) is 15.3 Å². The monoisotopic (exact) mass is 368 g/mol. The van der Waals surface area contributed by atoms with Crippen molar-refractivity contribution in [2.45, 2.75) is 39.3 Å². The van der Waals surface area contributed by atoms with Crippen LogP contribution in [0.5, 0.6) is 5.88 Å². The fourth-order valence-corrected chi connectivity index (χ4v) is 3.09. The summed E-state index contributed by atoms with van der Waals surface area (Å²) in [7, 11) is 1.54. The number of rotatable bonds is 8. The largest absolute Gasteiger partial charge is 0.481 e. The third kappa shape index (κ3) is 4.42. The molecule has 1 aliphatic heterocycles. The van der Waals surface area contributed by atoms with Crippen LogP contribution in [0.3, 0.4) is 0 Å². The summed E-state index contributed by atoms with van der Waals surface area (Å²) in [6.07, 6.45) is 3.70. The van der Waals surface area contributed by atoms with Crippen molar-refractivity contribution in [3.63, 3.8) is 0 Å². The SMILES string of the molecule is CCCC(=O)NCc1cc2c(nc1OC)CN(CCc1ccccn1)C2=O. The summed E-state index contributed by atoms with van der Waals surface area (Å²) in [6.45, 7) is 3.29. The van der Waals surface area contributed by atoms with Crippen molar-refractivity contribution >= 4 is 11.8 Å². The Morgan fingerprint density at radius 3 is 2.93 bits per heavy atom. The van der Waals surface area contributed by atoms with Gasteiger partial charge < -0.3 is 15.0 Å². The van der Waals surface area contributed by atoms with E-state index in [1.807, 2.05) is 25.1 Å². The predicted molar refractivity (Wildman–Crippen MR) is 100 cm³/mol. The lowest BCUT2D eigenvalue weighted by Crippen LogP contribution is -2.26. The van der Waals surface area contributed by atoms with Gasteiger partial charge in [0.15, 0.2) is 0 Å². The number of hydrogen-bond acceptors (Lipinski definition) is 5. The Balaban J connectivity index is 1.70. The molecular formula is C20H24N4O3. The van der Waals surface area contributed by atoms with E-state index in [9.17, 15) is 9.59 Å². The highest BCUT2D eigenvalue weighted by atomic mass is 16.5. The van der Waals surface area contributed by atoms with Gasteiger partial charge in [-0.05, 0) is 24.6 Å². The van der Waals surface area contributed by atoms with E-state index in [0.29, 0.717) is 55.2 Å². The van der Waals surface area contributed by atoms with Crippen LogP contribution in [-0.4, -0.2) is 40.3 Å². The van der Waals surface area contributed by atoms with Gasteiger partial charge in [0.1, 0.15) is 0 Å². The van der Waals surface area contributed by atoms with Crippen LogP contribution in [-0.2, 0) is 24.3 Å². The van der Waals surface area contributed by atoms with Gasteiger partial charge in [-0.25, -0.2) is 4.98 Å². The molecule has 3 heterocycles. The lowest BCUT2D eigenvalue weighted by Gasteiger charge is -2.14. The molecule has 0 bridgehead atoms. The normalized spacial score (nSPS) is 12.8. The molecule has 0 saturated carbocycles. The highest BCUT2D eigenvalue weighted by Gasteiger charge is 2.30. The molecule has 3 rings (SSSR count). The number of ether oxygens (including phenoxy) is 1.